The van der Waals surface area contributed by atoms with Crippen LogP contribution >= 0.6 is 35.3 Å². The second-order valence-electron chi connectivity index (χ2n) is 6.36. The van der Waals surface area contributed by atoms with Crippen LogP contribution in [0.1, 0.15) is 16.0 Å². The molecule has 0 unspecified atom stereocenters. The number of nitrogens with zero attached hydrogens (tertiary/aromatic N) is 3. The molecule has 0 radical (unpaired) electrons. The van der Waals surface area contributed by atoms with E-state index in [1.807, 2.05) is 25.1 Å². The number of aromatic nitrogens is 1. The summed E-state index contributed by atoms with van der Waals surface area (Å²) in [5.41, 5.74) is 3.52. The second kappa shape index (κ2) is 9.89. The van der Waals surface area contributed by atoms with Gasteiger partial charge < -0.3 is 15.5 Å². The van der Waals surface area contributed by atoms with Gasteiger partial charge >= 0.3 is 0 Å². The standard InChI is InChI=1S/C20H25N5S.HI/c1-14-9-10-26-18(14)13-23-20(21-2)22-12-15-11-19(25(3)4)24-17-8-6-5-7-16(15)17;/h5-11H,12-13H2,1-4H3,(H2,21,22,23);1H. The summed E-state index contributed by atoms with van der Waals surface area (Å²) in [5, 5.41) is 10.1. The van der Waals surface area contributed by atoms with Crippen LogP contribution in [0, 0.1) is 6.92 Å². The number of guanidine groups is 1. The lowest BCUT2D eigenvalue weighted by Crippen LogP contribution is -2.36. The maximum absolute atomic E-state index is 4.72. The van der Waals surface area contributed by atoms with Crippen LogP contribution in [0.4, 0.5) is 5.82 Å². The van der Waals surface area contributed by atoms with Crippen molar-refractivity contribution in [2.75, 3.05) is 26.0 Å². The van der Waals surface area contributed by atoms with E-state index in [2.05, 4.69) is 58.3 Å². The number of pyridine rings is 1. The van der Waals surface area contributed by atoms with Crippen LogP contribution in [0.3, 0.4) is 0 Å². The molecule has 0 saturated carbocycles. The van der Waals surface area contributed by atoms with Crippen molar-refractivity contribution in [1.82, 2.24) is 15.6 Å². The maximum Gasteiger partial charge on any atom is 0.191 e. The first kappa shape index (κ1) is 21.4. The summed E-state index contributed by atoms with van der Waals surface area (Å²) >= 11 is 1.76. The van der Waals surface area contributed by atoms with E-state index in [4.69, 9.17) is 4.98 Å². The maximum atomic E-state index is 4.72. The van der Waals surface area contributed by atoms with Crippen LogP contribution in [-0.4, -0.2) is 32.1 Å². The predicted molar refractivity (Wildman–Crippen MR) is 128 cm³/mol. The van der Waals surface area contributed by atoms with Gasteiger partial charge in [-0.3, -0.25) is 4.99 Å². The highest BCUT2D eigenvalue weighted by Gasteiger charge is 2.08. The quantitative estimate of drug-likeness (QED) is 0.317. The van der Waals surface area contributed by atoms with Crippen molar-refractivity contribution in [1.29, 1.82) is 0 Å². The monoisotopic (exact) mass is 495 g/mol. The lowest BCUT2D eigenvalue weighted by Gasteiger charge is -2.17. The first-order chi connectivity index (χ1) is 12.6. The number of anilines is 1. The highest BCUT2D eigenvalue weighted by atomic mass is 127. The third kappa shape index (κ3) is 5.32. The molecule has 0 bridgehead atoms. The van der Waals surface area contributed by atoms with Gasteiger partial charge in [-0.1, -0.05) is 18.2 Å². The molecule has 3 rings (SSSR count). The van der Waals surface area contributed by atoms with E-state index in [-0.39, 0.29) is 24.0 Å². The summed E-state index contributed by atoms with van der Waals surface area (Å²) in [6.45, 7) is 3.60. The molecule has 2 heterocycles. The predicted octanol–water partition coefficient (Wildman–Crippen LogP) is 4.15. The molecule has 7 heteroatoms. The molecule has 27 heavy (non-hydrogen) atoms. The fraction of sp³-hybridized carbons (Fsp3) is 0.300. The number of nitrogens with one attached hydrogen (secondary N) is 2. The number of rotatable bonds is 5. The Morgan fingerprint density at radius 3 is 2.56 bits per heavy atom. The summed E-state index contributed by atoms with van der Waals surface area (Å²) in [6, 6.07) is 12.5. The molecule has 1 aromatic carbocycles. The lowest BCUT2D eigenvalue weighted by atomic mass is 10.1. The smallest absolute Gasteiger partial charge is 0.191 e. The Labute approximate surface area is 181 Å². The number of para-hydroxylation sites is 1. The van der Waals surface area contributed by atoms with Gasteiger partial charge in [-0.05, 0) is 41.6 Å². The normalized spacial score (nSPS) is 11.2. The fourth-order valence-corrected chi connectivity index (χ4v) is 3.60. The van der Waals surface area contributed by atoms with Crippen LogP contribution in [0.25, 0.3) is 10.9 Å². The Balaban J connectivity index is 0.00000261. The molecule has 2 N–H and O–H groups in total. The summed E-state index contributed by atoms with van der Waals surface area (Å²) in [4.78, 5) is 12.4. The number of fused-ring (bicyclic) bond motifs is 1. The van der Waals surface area contributed by atoms with E-state index in [0.717, 1.165) is 29.2 Å². The number of thiophene rings is 1. The average molecular weight is 495 g/mol. The number of benzene rings is 1. The molecule has 0 atom stereocenters. The number of aliphatic imine (C=N–C) groups is 1. The van der Waals surface area contributed by atoms with E-state index in [9.17, 15) is 0 Å². The van der Waals surface area contributed by atoms with Gasteiger partial charge in [-0.25, -0.2) is 4.98 Å². The third-order valence-corrected chi connectivity index (χ3v) is 5.32. The highest BCUT2D eigenvalue weighted by Crippen LogP contribution is 2.22. The summed E-state index contributed by atoms with van der Waals surface area (Å²) in [7, 11) is 5.82. The van der Waals surface area contributed by atoms with Crippen molar-refractivity contribution in [3.63, 3.8) is 0 Å². The molecule has 0 spiro atoms. The molecule has 2 aromatic heterocycles. The van der Waals surface area contributed by atoms with Gasteiger partial charge in [-0.15, -0.1) is 35.3 Å². The fourth-order valence-electron chi connectivity index (χ4n) is 2.76. The molecule has 0 amide bonds. The third-order valence-electron chi connectivity index (χ3n) is 4.30. The van der Waals surface area contributed by atoms with Gasteiger partial charge in [0, 0.05) is 38.0 Å². The van der Waals surface area contributed by atoms with Crippen molar-refractivity contribution >= 4 is 58.0 Å². The van der Waals surface area contributed by atoms with Crippen molar-refractivity contribution in [3.05, 3.63) is 57.8 Å². The molecule has 0 aliphatic carbocycles. The molecule has 0 aliphatic rings. The van der Waals surface area contributed by atoms with Crippen molar-refractivity contribution in [2.24, 2.45) is 4.99 Å². The van der Waals surface area contributed by atoms with Crippen LogP contribution in [-0.2, 0) is 13.1 Å². The Morgan fingerprint density at radius 2 is 1.89 bits per heavy atom. The van der Waals surface area contributed by atoms with Gasteiger partial charge in [0.2, 0.25) is 0 Å². The van der Waals surface area contributed by atoms with Crippen LogP contribution < -0.4 is 15.5 Å². The summed E-state index contributed by atoms with van der Waals surface area (Å²) < 4.78 is 0. The largest absolute Gasteiger partial charge is 0.363 e. The SMILES string of the molecule is CN=C(NCc1sccc1C)NCc1cc(N(C)C)nc2ccccc12.I. The van der Waals surface area contributed by atoms with Gasteiger partial charge in [-0.2, -0.15) is 0 Å². The van der Waals surface area contributed by atoms with E-state index in [0.29, 0.717) is 6.54 Å². The van der Waals surface area contributed by atoms with Gasteiger partial charge in [0.15, 0.2) is 5.96 Å². The zero-order valence-corrected chi connectivity index (χ0v) is 19.3. The number of hydrogen-bond acceptors (Lipinski definition) is 4. The number of aryl methyl sites for hydroxylation is 1. The Morgan fingerprint density at radius 1 is 1.15 bits per heavy atom. The van der Waals surface area contributed by atoms with Gasteiger partial charge in [0.1, 0.15) is 5.82 Å². The van der Waals surface area contributed by atoms with E-state index >= 15 is 0 Å². The lowest BCUT2D eigenvalue weighted by molar-refractivity contribution is 0.815. The summed E-state index contributed by atoms with van der Waals surface area (Å²) in [5.74, 6) is 1.75. The number of halogens is 1. The van der Waals surface area contributed by atoms with Gasteiger partial charge in [0.25, 0.3) is 0 Å². The zero-order chi connectivity index (χ0) is 18.5. The van der Waals surface area contributed by atoms with E-state index < -0.39 is 0 Å². The number of hydrogen-bond donors (Lipinski definition) is 2. The molecule has 0 aliphatic heterocycles. The molecule has 144 valence electrons. The topological polar surface area (TPSA) is 52.6 Å². The minimum Gasteiger partial charge on any atom is -0.363 e. The van der Waals surface area contributed by atoms with Crippen molar-refractivity contribution in [3.8, 4) is 0 Å². The molecular weight excluding hydrogens is 469 g/mol. The van der Waals surface area contributed by atoms with Crippen molar-refractivity contribution in [2.45, 2.75) is 20.0 Å². The first-order valence-corrected chi connectivity index (χ1v) is 9.50. The van der Waals surface area contributed by atoms with E-state index in [1.54, 1.807) is 18.4 Å². The van der Waals surface area contributed by atoms with Gasteiger partial charge in [0.05, 0.1) is 12.1 Å². The molecular formula is C20H26IN5S. The minimum atomic E-state index is 0. The van der Waals surface area contributed by atoms with Crippen molar-refractivity contribution < 1.29 is 0 Å². The Bertz CT molecular complexity index is 920. The second-order valence-corrected chi connectivity index (χ2v) is 7.36. The Kier molecular flexibility index (Phi) is 7.85. The van der Waals surface area contributed by atoms with Crippen LogP contribution in [0.15, 0.2) is 46.8 Å². The zero-order valence-electron chi connectivity index (χ0n) is 16.1. The van der Waals surface area contributed by atoms with Crippen LogP contribution in [0.5, 0.6) is 0 Å². The first-order valence-electron chi connectivity index (χ1n) is 8.62. The summed E-state index contributed by atoms with van der Waals surface area (Å²) in [6.07, 6.45) is 0. The van der Waals surface area contributed by atoms with Crippen LogP contribution in [0.2, 0.25) is 0 Å². The minimum absolute atomic E-state index is 0. The molecule has 3 aromatic rings. The Hall–Kier alpha value is -1.87. The average Bonchev–Trinajstić information content (AvgIpc) is 3.06. The molecule has 0 fully saturated rings. The molecule has 5 nitrogen and oxygen atoms in total. The molecule has 0 saturated heterocycles. The van der Waals surface area contributed by atoms with E-state index in [1.165, 1.54) is 16.0 Å². The highest BCUT2D eigenvalue weighted by molar-refractivity contribution is 14.0.